The lowest BCUT2D eigenvalue weighted by Crippen LogP contribution is -2.60. The Labute approximate surface area is 175 Å². The zero-order valence-electron chi connectivity index (χ0n) is 17.0. The largest absolute Gasteiger partial charge is 0.419 e. The maximum atomic E-state index is 13.6. The number of halogens is 4. The van der Waals surface area contributed by atoms with Crippen LogP contribution in [0.25, 0.3) is 0 Å². The van der Waals surface area contributed by atoms with Crippen LogP contribution in [0.4, 0.5) is 28.0 Å². The van der Waals surface area contributed by atoms with E-state index in [2.05, 4.69) is 33.1 Å². The first kappa shape index (κ1) is 23.8. The summed E-state index contributed by atoms with van der Waals surface area (Å²) < 4.78 is 51.5. The Bertz CT molecular complexity index is 952. The molecule has 2 rings (SSSR count). The van der Waals surface area contributed by atoms with Gasteiger partial charge in [-0.05, 0) is 23.6 Å². The number of urea groups is 1. The summed E-state index contributed by atoms with van der Waals surface area (Å²) in [6.45, 7) is 9.26. The van der Waals surface area contributed by atoms with Crippen LogP contribution in [0.15, 0.2) is 35.6 Å². The predicted octanol–water partition coefficient (Wildman–Crippen LogP) is 2.99. The van der Waals surface area contributed by atoms with E-state index in [1.54, 1.807) is 0 Å². The van der Waals surface area contributed by atoms with Crippen LogP contribution in [-0.2, 0) is 11.0 Å². The highest BCUT2D eigenvalue weighted by Crippen LogP contribution is 2.37. The van der Waals surface area contributed by atoms with Crippen LogP contribution in [0.5, 0.6) is 0 Å². The molecule has 31 heavy (non-hydrogen) atoms. The van der Waals surface area contributed by atoms with E-state index in [0.717, 1.165) is 6.07 Å². The van der Waals surface area contributed by atoms with Crippen LogP contribution >= 0.6 is 0 Å². The summed E-state index contributed by atoms with van der Waals surface area (Å²) in [6, 6.07) is 1.57. The molecule has 1 heterocycles. The van der Waals surface area contributed by atoms with Crippen molar-refractivity contribution in [2.24, 2.45) is 10.5 Å². The molecule has 0 radical (unpaired) electrons. The van der Waals surface area contributed by atoms with Gasteiger partial charge < -0.3 is 21.4 Å². The standard InChI is InChI=1S/C19H22F4N6O2/c1-10-18(17(2,3)4,27-16(31)26-10)9-25-15(30)14(8-24)29-28-11-5-6-12(13(20)7-11)19(21,22)23/h5-8,24,28H,1,9H2,2-4H3,(H,25,30)(H2,26,27,31)/b24-8?,29-14+. The van der Waals surface area contributed by atoms with Gasteiger partial charge in [-0.3, -0.25) is 10.2 Å². The first-order chi connectivity index (χ1) is 14.2. The average molecular weight is 442 g/mol. The van der Waals surface area contributed by atoms with Crippen molar-refractivity contribution in [2.45, 2.75) is 32.5 Å². The fraction of sp³-hybridized carbons (Fsp3) is 0.368. The van der Waals surface area contributed by atoms with Crippen molar-refractivity contribution in [3.05, 3.63) is 41.9 Å². The molecule has 168 valence electrons. The van der Waals surface area contributed by atoms with E-state index >= 15 is 0 Å². The van der Waals surface area contributed by atoms with Crippen LogP contribution in [0.1, 0.15) is 26.3 Å². The van der Waals surface area contributed by atoms with Crippen LogP contribution in [0, 0.1) is 16.6 Å². The minimum absolute atomic E-state index is 0.0747. The second kappa shape index (κ2) is 8.36. The van der Waals surface area contributed by atoms with Crippen molar-refractivity contribution in [3.8, 4) is 0 Å². The summed E-state index contributed by atoms with van der Waals surface area (Å²) in [6.07, 6.45) is -4.23. The Hall–Kier alpha value is -3.44. The van der Waals surface area contributed by atoms with E-state index < -0.39 is 46.2 Å². The molecule has 0 saturated carbocycles. The van der Waals surface area contributed by atoms with Crippen LogP contribution in [-0.4, -0.2) is 35.9 Å². The zero-order chi connectivity index (χ0) is 23.6. The van der Waals surface area contributed by atoms with E-state index in [-0.39, 0.29) is 12.2 Å². The Kier molecular flexibility index (Phi) is 6.43. The average Bonchev–Trinajstić information content (AvgIpc) is 2.93. The Balaban J connectivity index is 2.14. The molecule has 1 aliphatic rings. The molecule has 0 aromatic heterocycles. The number of hydrogen-bond donors (Lipinski definition) is 5. The van der Waals surface area contributed by atoms with Crippen LogP contribution < -0.4 is 21.4 Å². The molecule has 1 fully saturated rings. The number of carbonyl (C=O) groups is 2. The highest BCUT2D eigenvalue weighted by atomic mass is 19.4. The maximum Gasteiger partial charge on any atom is 0.419 e. The molecule has 1 aliphatic heterocycles. The molecule has 5 N–H and O–H groups in total. The van der Waals surface area contributed by atoms with Gasteiger partial charge in [-0.15, -0.1) is 0 Å². The van der Waals surface area contributed by atoms with Crippen LogP contribution in [0.3, 0.4) is 0 Å². The molecule has 1 aromatic rings. The Morgan fingerprint density at radius 1 is 1.32 bits per heavy atom. The van der Waals surface area contributed by atoms with Gasteiger partial charge in [0.1, 0.15) is 11.4 Å². The summed E-state index contributed by atoms with van der Waals surface area (Å²) in [4.78, 5) is 24.2. The summed E-state index contributed by atoms with van der Waals surface area (Å²) in [5, 5.41) is 18.9. The third-order valence-corrected chi connectivity index (χ3v) is 4.85. The lowest BCUT2D eigenvalue weighted by atomic mass is 9.72. The summed E-state index contributed by atoms with van der Waals surface area (Å²) in [5.74, 6) is -2.31. The number of hydrogen-bond acceptors (Lipinski definition) is 5. The molecular formula is C19H22F4N6O2. The minimum atomic E-state index is -4.84. The lowest BCUT2D eigenvalue weighted by molar-refractivity contribution is -0.140. The van der Waals surface area contributed by atoms with Gasteiger partial charge in [0.2, 0.25) is 0 Å². The highest BCUT2D eigenvalue weighted by Gasteiger charge is 2.50. The van der Waals surface area contributed by atoms with Crippen molar-refractivity contribution in [1.29, 1.82) is 5.41 Å². The quantitative estimate of drug-likeness (QED) is 0.265. The maximum absolute atomic E-state index is 13.6. The van der Waals surface area contributed by atoms with Crippen molar-refractivity contribution in [2.75, 3.05) is 12.0 Å². The number of nitrogens with zero attached hydrogens (tertiary/aromatic N) is 1. The second-order valence-electron chi connectivity index (χ2n) is 7.84. The number of alkyl halides is 3. The first-order valence-electron chi connectivity index (χ1n) is 8.99. The Morgan fingerprint density at radius 2 is 1.97 bits per heavy atom. The summed E-state index contributed by atoms with van der Waals surface area (Å²) >= 11 is 0. The van der Waals surface area contributed by atoms with E-state index in [9.17, 15) is 27.2 Å². The molecule has 0 spiro atoms. The van der Waals surface area contributed by atoms with E-state index in [1.807, 2.05) is 20.8 Å². The smallest absolute Gasteiger partial charge is 0.348 e. The van der Waals surface area contributed by atoms with Gasteiger partial charge >= 0.3 is 12.2 Å². The van der Waals surface area contributed by atoms with Gasteiger partial charge in [-0.25, -0.2) is 9.18 Å². The molecule has 12 heteroatoms. The molecule has 8 nitrogen and oxygen atoms in total. The molecule has 3 amide bonds. The van der Waals surface area contributed by atoms with Gasteiger partial charge in [0.05, 0.1) is 17.5 Å². The number of hydrazone groups is 1. The van der Waals surface area contributed by atoms with E-state index in [1.165, 1.54) is 0 Å². The number of benzene rings is 1. The molecular weight excluding hydrogens is 420 g/mol. The van der Waals surface area contributed by atoms with Crippen molar-refractivity contribution < 1.29 is 27.2 Å². The highest BCUT2D eigenvalue weighted by molar-refractivity contribution is 6.60. The van der Waals surface area contributed by atoms with Gasteiger partial charge in [-0.1, -0.05) is 27.4 Å². The molecule has 1 saturated heterocycles. The van der Waals surface area contributed by atoms with Crippen molar-refractivity contribution in [1.82, 2.24) is 16.0 Å². The van der Waals surface area contributed by atoms with Crippen molar-refractivity contribution >= 4 is 29.6 Å². The zero-order valence-corrected chi connectivity index (χ0v) is 17.0. The summed E-state index contributed by atoms with van der Waals surface area (Å²) in [5.41, 5.74) is -0.968. The third kappa shape index (κ3) is 5.01. The third-order valence-electron chi connectivity index (χ3n) is 4.85. The van der Waals surface area contributed by atoms with Gasteiger partial charge in [0.15, 0.2) is 5.71 Å². The Morgan fingerprint density at radius 3 is 2.42 bits per heavy atom. The fourth-order valence-electron chi connectivity index (χ4n) is 2.99. The summed E-state index contributed by atoms with van der Waals surface area (Å²) in [7, 11) is 0. The number of rotatable bonds is 6. The van der Waals surface area contributed by atoms with Crippen molar-refractivity contribution in [3.63, 3.8) is 0 Å². The van der Waals surface area contributed by atoms with Gasteiger partial charge in [-0.2, -0.15) is 18.3 Å². The van der Waals surface area contributed by atoms with Gasteiger partial charge in [0, 0.05) is 12.2 Å². The van der Waals surface area contributed by atoms with E-state index in [4.69, 9.17) is 5.41 Å². The normalized spacial score (nSPS) is 19.5. The number of amides is 3. The number of anilines is 1. The molecule has 1 atom stereocenters. The first-order valence-corrected chi connectivity index (χ1v) is 8.99. The molecule has 0 aliphatic carbocycles. The number of carbonyl (C=O) groups excluding carboxylic acids is 2. The lowest BCUT2D eigenvalue weighted by Gasteiger charge is -2.41. The predicted molar refractivity (Wildman–Crippen MR) is 107 cm³/mol. The molecule has 0 bridgehead atoms. The second-order valence-corrected chi connectivity index (χ2v) is 7.84. The minimum Gasteiger partial charge on any atom is -0.348 e. The fourth-order valence-corrected chi connectivity index (χ4v) is 2.99. The SMILES string of the molecule is C=C1NC(=O)NC1(CNC(=O)/C(C=N)=N/Nc1ccc(C(F)(F)F)c(F)c1)C(C)(C)C. The molecule has 1 unspecified atom stereocenters. The topological polar surface area (TPSA) is 118 Å². The van der Waals surface area contributed by atoms with Crippen LogP contribution in [0.2, 0.25) is 0 Å². The van der Waals surface area contributed by atoms with E-state index in [0.29, 0.717) is 24.0 Å². The molecule has 1 aromatic carbocycles. The van der Waals surface area contributed by atoms with Gasteiger partial charge in [0.25, 0.3) is 5.91 Å². The number of nitrogens with one attached hydrogen (secondary N) is 5. The monoisotopic (exact) mass is 442 g/mol.